The Morgan fingerprint density at radius 3 is 2.43 bits per heavy atom. The number of amides is 3. The van der Waals surface area contributed by atoms with E-state index in [1.165, 1.54) is 12.1 Å². The molecule has 2 aromatic carbocycles. The van der Waals surface area contributed by atoms with Crippen LogP contribution in [0.15, 0.2) is 71.8 Å². The lowest BCUT2D eigenvalue weighted by molar-refractivity contribution is -0.133. The third kappa shape index (κ3) is 8.72. The van der Waals surface area contributed by atoms with Crippen LogP contribution < -0.4 is 26.4 Å². The molecule has 0 bridgehead atoms. The Hall–Kier alpha value is -6.39. The quantitative estimate of drug-likeness (QED) is 0.143. The summed E-state index contributed by atoms with van der Waals surface area (Å²) in [4.78, 5) is 64.3. The lowest BCUT2D eigenvalue weighted by Gasteiger charge is -2.39. The summed E-state index contributed by atoms with van der Waals surface area (Å²) in [6.07, 6.45) is 9.44. The van der Waals surface area contributed by atoms with Crippen LogP contribution in [0.1, 0.15) is 77.8 Å². The summed E-state index contributed by atoms with van der Waals surface area (Å²) in [7, 11) is 2.01. The van der Waals surface area contributed by atoms with E-state index >= 15 is 8.78 Å². The molecule has 5 aliphatic rings. The van der Waals surface area contributed by atoms with E-state index in [1.54, 1.807) is 22.9 Å². The van der Waals surface area contributed by atoms with Crippen molar-refractivity contribution < 1.29 is 23.2 Å². The summed E-state index contributed by atoms with van der Waals surface area (Å²) in [5, 5.41) is 9.58. The normalized spacial score (nSPS) is 20.1. The van der Waals surface area contributed by atoms with Gasteiger partial charge < -0.3 is 25.0 Å². The Labute approximate surface area is 388 Å². The number of nitrogens with one attached hydrogen (secondary N) is 3. The van der Waals surface area contributed by atoms with Gasteiger partial charge in [-0.2, -0.15) is 0 Å². The molecule has 3 aromatic heterocycles. The maximum Gasteiger partial charge on any atom is 0.260 e. The minimum absolute atomic E-state index is 0.00632. The SMILES string of the molecule is Cc1cc(C(=O)N2CCC(CN3CCN(c4ccc(NC5CCC(=O)NC5=O)cc4F)CC3)CC2)cc(F)c1C1=CCN([C@@H](C)c2cc3c(-n4ccc5c(c4=O)CCN5)ccnc3n2C)CC1. The van der Waals surface area contributed by atoms with Crippen molar-refractivity contribution in [2.24, 2.45) is 13.0 Å². The maximum atomic E-state index is 16.1. The first-order valence-electron chi connectivity index (χ1n) is 23.7. The third-order valence-corrected chi connectivity index (χ3v) is 14.8. The molecule has 5 aromatic rings. The summed E-state index contributed by atoms with van der Waals surface area (Å²) < 4.78 is 35.2. The second kappa shape index (κ2) is 18.4. The van der Waals surface area contributed by atoms with E-state index in [0.717, 1.165) is 90.4 Å². The second-order valence-corrected chi connectivity index (χ2v) is 18.9. The average Bonchev–Trinajstić information content (AvgIpc) is 3.95. The number of piperidine rings is 2. The number of aromatic nitrogens is 3. The van der Waals surface area contributed by atoms with Gasteiger partial charge in [0.1, 0.15) is 23.3 Å². The molecule has 0 spiro atoms. The van der Waals surface area contributed by atoms with Crippen LogP contribution >= 0.6 is 0 Å². The van der Waals surface area contributed by atoms with Crippen molar-refractivity contribution in [1.82, 2.24) is 34.1 Å². The van der Waals surface area contributed by atoms with Crippen LogP contribution in [0, 0.1) is 24.5 Å². The van der Waals surface area contributed by atoms with E-state index in [0.29, 0.717) is 80.4 Å². The van der Waals surface area contributed by atoms with Crippen LogP contribution in [0.3, 0.4) is 0 Å². The molecule has 0 saturated carbocycles. The molecule has 67 heavy (non-hydrogen) atoms. The minimum Gasteiger partial charge on any atom is -0.384 e. The number of aryl methyl sites for hydroxylation is 2. The maximum absolute atomic E-state index is 16.1. The van der Waals surface area contributed by atoms with Gasteiger partial charge in [0.25, 0.3) is 11.5 Å². The molecule has 8 heterocycles. The number of benzene rings is 2. The van der Waals surface area contributed by atoms with Crippen molar-refractivity contribution in [2.75, 3.05) is 81.0 Å². The van der Waals surface area contributed by atoms with Gasteiger partial charge in [0.15, 0.2) is 0 Å². The standard InChI is InChI=1S/C51H58F2N10O4/c1-31-26-35(50(66)62-17-10-33(11-18-62)30-59-22-24-61(25-23-59)44-6-4-36(28-39(44)52)56-42-5-7-46(64)57-49(42)65)27-40(53)47(31)34-12-19-60(20-13-34)32(2)45-29-38-43(9-16-55-48(38)58(45)3)63-21-14-41-37(51(63)67)8-15-54-41/h4,6,9,12,14,16,21,26-29,32-33,42,54,56H,5,7-8,10-11,13,15,17-20,22-25,30H2,1-3H3,(H,57,64,65)/t32-,42?/m0/s1. The number of likely N-dealkylation sites (tertiary alicyclic amines) is 1. The molecule has 350 valence electrons. The van der Waals surface area contributed by atoms with E-state index in [2.05, 4.69) is 54.3 Å². The van der Waals surface area contributed by atoms with Crippen LogP contribution in [-0.4, -0.2) is 118 Å². The van der Waals surface area contributed by atoms with Crippen LogP contribution in [0.2, 0.25) is 0 Å². The molecule has 10 rings (SSSR count). The highest BCUT2D eigenvalue weighted by Crippen LogP contribution is 2.35. The molecule has 16 heteroatoms. The van der Waals surface area contributed by atoms with E-state index < -0.39 is 11.9 Å². The number of nitrogens with zero attached hydrogens (tertiary/aromatic N) is 7. The molecule has 3 amide bonds. The van der Waals surface area contributed by atoms with Gasteiger partial charge in [-0.3, -0.25) is 38.9 Å². The van der Waals surface area contributed by atoms with Gasteiger partial charge in [0, 0.05) is 136 Å². The Balaban J connectivity index is 0.716. The molecule has 3 saturated heterocycles. The average molecular weight is 913 g/mol. The molecular formula is C51H58F2N10O4. The number of anilines is 3. The van der Waals surface area contributed by atoms with Crippen molar-refractivity contribution in [3.05, 3.63) is 117 Å². The number of pyridine rings is 2. The number of piperazine rings is 1. The van der Waals surface area contributed by atoms with E-state index in [4.69, 9.17) is 4.98 Å². The minimum atomic E-state index is -0.571. The zero-order valence-corrected chi connectivity index (χ0v) is 38.4. The van der Waals surface area contributed by atoms with Gasteiger partial charge in [0.05, 0.1) is 11.4 Å². The molecule has 2 atom stereocenters. The van der Waals surface area contributed by atoms with Gasteiger partial charge in [-0.1, -0.05) is 6.08 Å². The van der Waals surface area contributed by atoms with Crippen molar-refractivity contribution in [3.8, 4) is 5.69 Å². The molecule has 14 nitrogen and oxygen atoms in total. The van der Waals surface area contributed by atoms with Crippen molar-refractivity contribution in [1.29, 1.82) is 0 Å². The van der Waals surface area contributed by atoms with Crippen LogP contribution in [0.5, 0.6) is 0 Å². The van der Waals surface area contributed by atoms with Gasteiger partial charge in [-0.05, 0) is 112 Å². The summed E-state index contributed by atoms with van der Waals surface area (Å²) in [6, 6.07) is 13.7. The molecule has 3 fully saturated rings. The number of imide groups is 1. The summed E-state index contributed by atoms with van der Waals surface area (Å²) in [5.41, 5.74) is 8.12. The van der Waals surface area contributed by atoms with E-state index in [9.17, 15) is 19.2 Å². The van der Waals surface area contributed by atoms with Gasteiger partial charge in [0.2, 0.25) is 11.8 Å². The molecular weight excluding hydrogens is 855 g/mol. The number of rotatable bonds is 10. The number of hydrogen-bond donors (Lipinski definition) is 3. The first-order valence-corrected chi connectivity index (χ1v) is 23.7. The lowest BCUT2D eigenvalue weighted by Crippen LogP contribution is -2.49. The predicted octanol–water partition coefficient (Wildman–Crippen LogP) is 6.02. The Bertz CT molecular complexity index is 2830. The Morgan fingerprint density at radius 2 is 1.70 bits per heavy atom. The molecule has 0 radical (unpaired) electrons. The van der Waals surface area contributed by atoms with Crippen LogP contribution in [-0.2, 0) is 23.1 Å². The fraction of sp³-hybridized carbons (Fsp3) is 0.431. The molecule has 3 N–H and O–H groups in total. The summed E-state index contributed by atoms with van der Waals surface area (Å²) in [6.45, 7) is 11.3. The fourth-order valence-corrected chi connectivity index (χ4v) is 11.0. The smallest absolute Gasteiger partial charge is 0.260 e. The predicted molar refractivity (Wildman–Crippen MR) is 256 cm³/mol. The lowest BCUT2D eigenvalue weighted by atomic mass is 9.92. The zero-order chi connectivity index (χ0) is 46.5. The first kappa shape index (κ1) is 44.4. The van der Waals surface area contributed by atoms with Crippen LogP contribution in [0.25, 0.3) is 22.3 Å². The molecule has 5 aliphatic heterocycles. The van der Waals surface area contributed by atoms with Crippen molar-refractivity contribution >= 4 is 51.4 Å². The highest BCUT2D eigenvalue weighted by atomic mass is 19.1. The summed E-state index contributed by atoms with van der Waals surface area (Å²) in [5.74, 6) is -1.11. The van der Waals surface area contributed by atoms with E-state index in [1.807, 2.05) is 43.3 Å². The highest BCUT2D eigenvalue weighted by molar-refractivity contribution is 6.01. The van der Waals surface area contributed by atoms with E-state index in [-0.39, 0.29) is 41.5 Å². The number of carbonyl (C=O) groups excluding carboxylic acids is 3. The Kier molecular flexibility index (Phi) is 12.2. The fourth-order valence-electron chi connectivity index (χ4n) is 11.0. The van der Waals surface area contributed by atoms with Gasteiger partial charge in [-0.25, -0.2) is 13.8 Å². The van der Waals surface area contributed by atoms with Crippen molar-refractivity contribution in [3.63, 3.8) is 0 Å². The third-order valence-electron chi connectivity index (χ3n) is 14.8. The second-order valence-electron chi connectivity index (χ2n) is 18.9. The zero-order valence-electron chi connectivity index (χ0n) is 38.4. The van der Waals surface area contributed by atoms with Gasteiger partial charge >= 0.3 is 0 Å². The first-order chi connectivity index (χ1) is 32.4. The molecule has 0 aliphatic carbocycles. The van der Waals surface area contributed by atoms with Gasteiger partial charge in [-0.15, -0.1) is 0 Å². The van der Waals surface area contributed by atoms with Crippen molar-refractivity contribution in [2.45, 2.75) is 64.5 Å². The molecule has 1 unspecified atom stereocenters. The van der Waals surface area contributed by atoms with Crippen LogP contribution in [0.4, 0.5) is 25.8 Å². The highest BCUT2D eigenvalue weighted by Gasteiger charge is 2.31. The monoisotopic (exact) mass is 912 g/mol. The number of halogens is 2. The number of fused-ring (bicyclic) bond motifs is 2. The topological polar surface area (TPSA) is 140 Å². The summed E-state index contributed by atoms with van der Waals surface area (Å²) >= 11 is 0. The number of carbonyl (C=O) groups is 3. The number of hydrogen-bond acceptors (Lipinski definition) is 10. The Morgan fingerprint density at radius 1 is 0.896 bits per heavy atom. The largest absolute Gasteiger partial charge is 0.384 e.